The summed E-state index contributed by atoms with van der Waals surface area (Å²) < 4.78 is 3.29. The van der Waals surface area contributed by atoms with Gasteiger partial charge in [-0.05, 0) is 18.2 Å². The topological polar surface area (TPSA) is 76.9 Å². The maximum absolute atomic E-state index is 12.2. The van der Waals surface area contributed by atoms with Gasteiger partial charge in [0.15, 0.2) is 4.34 Å². The number of carbonyl (C=O) groups is 1. The Kier molecular flexibility index (Phi) is 4.91. The lowest BCUT2D eigenvalue weighted by Crippen LogP contribution is -2.28. The standard InChI is InChI=1S/C19H16N4O2S2/c1-23-18(25)13-7-3-2-6-12(13)15(22-23)10-20-17(24)11-26-19-21-14-8-4-5-9-16(14)27-19/h2-9H,10-11H2,1H3,(H,20,24). The van der Waals surface area contributed by atoms with Crippen molar-refractivity contribution in [1.82, 2.24) is 20.1 Å². The predicted molar refractivity (Wildman–Crippen MR) is 109 cm³/mol. The number of para-hydroxylation sites is 1. The summed E-state index contributed by atoms with van der Waals surface area (Å²) in [5.74, 6) is 0.183. The molecule has 4 aromatic rings. The van der Waals surface area contributed by atoms with Crippen molar-refractivity contribution in [2.75, 3.05) is 5.75 Å². The van der Waals surface area contributed by atoms with Gasteiger partial charge in [-0.1, -0.05) is 42.1 Å². The highest BCUT2D eigenvalue weighted by Gasteiger charge is 2.11. The highest BCUT2D eigenvalue weighted by molar-refractivity contribution is 8.01. The average molecular weight is 396 g/mol. The van der Waals surface area contributed by atoms with Crippen LogP contribution in [-0.4, -0.2) is 26.4 Å². The Morgan fingerprint density at radius 3 is 2.70 bits per heavy atom. The average Bonchev–Trinajstić information content (AvgIpc) is 3.11. The first-order valence-corrected chi connectivity index (χ1v) is 10.1. The smallest absolute Gasteiger partial charge is 0.274 e. The molecule has 0 saturated carbocycles. The van der Waals surface area contributed by atoms with E-state index < -0.39 is 0 Å². The lowest BCUT2D eigenvalue weighted by Gasteiger charge is -2.09. The van der Waals surface area contributed by atoms with Crippen molar-refractivity contribution >= 4 is 50.0 Å². The summed E-state index contributed by atoms with van der Waals surface area (Å²) in [5.41, 5.74) is 1.48. The molecule has 2 heterocycles. The molecule has 0 bridgehead atoms. The van der Waals surface area contributed by atoms with Gasteiger partial charge in [-0.15, -0.1) is 11.3 Å². The number of aromatic nitrogens is 3. The van der Waals surface area contributed by atoms with Gasteiger partial charge in [-0.25, -0.2) is 9.67 Å². The van der Waals surface area contributed by atoms with Gasteiger partial charge < -0.3 is 5.32 Å². The van der Waals surface area contributed by atoms with E-state index in [0.717, 1.165) is 19.9 Å². The minimum absolute atomic E-state index is 0.0982. The third-order valence-corrected chi connectivity index (χ3v) is 6.27. The molecule has 8 heteroatoms. The number of rotatable bonds is 5. The lowest BCUT2D eigenvalue weighted by molar-refractivity contribution is -0.118. The zero-order valence-corrected chi connectivity index (χ0v) is 16.1. The maximum atomic E-state index is 12.2. The molecule has 0 unspecified atom stereocenters. The number of thiazole rings is 1. The Morgan fingerprint density at radius 1 is 1.15 bits per heavy atom. The third-order valence-electron chi connectivity index (χ3n) is 4.09. The number of fused-ring (bicyclic) bond motifs is 2. The first-order valence-electron chi connectivity index (χ1n) is 8.32. The van der Waals surface area contributed by atoms with Gasteiger partial charge in [0.2, 0.25) is 5.91 Å². The summed E-state index contributed by atoms with van der Waals surface area (Å²) in [6.07, 6.45) is 0. The molecule has 136 valence electrons. The van der Waals surface area contributed by atoms with Crippen molar-refractivity contribution in [3.63, 3.8) is 0 Å². The monoisotopic (exact) mass is 396 g/mol. The molecule has 0 radical (unpaired) electrons. The summed E-state index contributed by atoms with van der Waals surface area (Å²) >= 11 is 3.00. The van der Waals surface area contributed by atoms with E-state index in [1.165, 1.54) is 16.4 Å². The molecule has 0 spiro atoms. The molecule has 1 amide bonds. The second-order valence-corrected chi connectivity index (χ2v) is 8.19. The number of carbonyl (C=O) groups excluding carboxylic acids is 1. The van der Waals surface area contributed by atoms with E-state index in [1.54, 1.807) is 24.5 Å². The molecular weight excluding hydrogens is 380 g/mol. The number of hydrogen-bond donors (Lipinski definition) is 1. The molecule has 0 fully saturated rings. The SMILES string of the molecule is Cn1nc(CNC(=O)CSc2nc3ccccc3s2)c2ccccc2c1=O. The van der Waals surface area contributed by atoms with Crippen LogP contribution in [0.25, 0.3) is 21.0 Å². The van der Waals surface area contributed by atoms with Gasteiger partial charge >= 0.3 is 0 Å². The summed E-state index contributed by atoms with van der Waals surface area (Å²) in [6, 6.07) is 15.2. The van der Waals surface area contributed by atoms with Crippen LogP contribution in [0.15, 0.2) is 57.7 Å². The second kappa shape index (κ2) is 7.50. The van der Waals surface area contributed by atoms with E-state index in [1.807, 2.05) is 42.5 Å². The van der Waals surface area contributed by atoms with E-state index in [4.69, 9.17) is 0 Å². The Bertz CT molecular complexity index is 1170. The zero-order valence-electron chi connectivity index (χ0n) is 14.5. The predicted octanol–water partition coefficient (Wildman–Crippen LogP) is 2.95. The molecule has 27 heavy (non-hydrogen) atoms. The quantitative estimate of drug-likeness (QED) is 0.525. The number of thioether (sulfide) groups is 1. The van der Waals surface area contributed by atoms with E-state index >= 15 is 0 Å². The van der Waals surface area contributed by atoms with Crippen LogP contribution in [0.5, 0.6) is 0 Å². The van der Waals surface area contributed by atoms with Crippen molar-refractivity contribution in [3.8, 4) is 0 Å². The largest absolute Gasteiger partial charge is 0.350 e. The van der Waals surface area contributed by atoms with Gasteiger partial charge in [-0.3, -0.25) is 9.59 Å². The van der Waals surface area contributed by atoms with Gasteiger partial charge in [0.25, 0.3) is 5.56 Å². The van der Waals surface area contributed by atoms with Gasteiger partial charge in [0, 0.05) is 12.4 Å². The van der Waals surface area contributed by atoms with Crippen molar-refractivity contribution in [3.05, 3.63) is 64.6 Å². The molecule has 0 aliphatic heterocycles. The summed E-state index contributed by atoms with van der Waals surface area (Å²) in [5, 5.41) is 8.54. The van der Waals surface area contributed by atoms with E-state index in [0.29, 0.717) is 11.1 Å². The fourth-order valence-corrected chi connectivity index (χ4v) is 4.68. The number of benzene rings is 2. The Morgan fingerprint density at radius 2 is 1.89 bits per heavy atom. The maximum Gasteiger partial charge on any atom is 0.274 e. The first-order chi connectivity index (χ1) is 13.1. The molecule has 2 aromatic carbocycles. The molecule has 1 N–H and O–H groups in total. The molecule has 0 aliphatic rings. The third kappa shape index (κ3) is 3.72. The molecule has 0 atom stereocenters. The fourth-order valence-electron chi connectivity index (χ4n) is 2.78. The second-order valence-electron chi connectivity index (χ2n) is 5.93. The van der Waals surface area contributed by atoms with Crippen molar-refractivity contribution in [2.45, 2.75) is 10.9 Å². The van der Waals surface area contributed by atoms with Gasteiger partial charge in [0.05, 0.1) is 33.6 Å². The van der Waals surface area contributed by atoms with Crippen LogP contribution in [0.4, 0.5) is 0 Å². The Labute approximate surface area is 163 Å². The van der Waals surface area contributed by atoms with Crippen LogP contribution in [-0.2, 0) is 18.4 Å². The molecular formula is C19H16N4O2S2. The highest BCUT2D eigenvalue weighted by Crippen LogP contribution is 2.29. The van der Waals surface area contributed by atoms with Crippen LogP contribution in [0.2, 0.25) is 0 Å². The van der Waals surface area contributed by atoms with Crippen LogP contribution in [0, 0.1) is 0 Å². The number of nitrogens with zero attached hydrogens (tertiary/aromatic N) is 3. The minimum atomic E-state index is -0.146. The molecule has 0 saturated heterocycles. The Hall–Kier alpha value is -2.71. The zero-order chi connectivity index (χ0) is 18.8. The van der Waals surface area contributed by atoms with Crippen molar-refractivity contribution in [2.24, 2.45) is 7.05 Å². The van der Waals surface area contributed by atoms with Crippen LogP contribution in [0.1, 0.15) is 5.69 Å². The number of nitrogens with one attached hydrogen (secondary N) is 1. The number of hydrogen-bond acceptors (Lipinski definition) is 6. The van der Waals surface area contributed by atoms with Gasteiger partial charge in [0.1, 0.15) is 0 Å². The van der Waals surface area contributed by atoms with Crippen LogP contribution in [0.3, 0.4) is 0 Å². The molecule has 6 nitrogen and oxygen atoms in total. The van der Waals surface area contributed by atoms with Crippen molar-refractivity contribution in [1.29, 1.82) is 0 Å². The number of aryl methyl sites for hydroxylation is 1. The normalized spacial score (nSPS) is 11.1. The lowest BCUT2D eigenvalue weighted by atomic mass is 10.1. The van der Waals surface area contributed by atoms with Crippen LogP contribution >= 0.6 is 23.1 Å². The van der Waals surface area contributed by atoms with E-state index in [2.05, 4.69) is 15.4 Å². The minimum Gasteiger partial charge on any atom is -0.350 e. The van der Waals surface area contributed by atoms with Crippen LogP contribution < -0.4 is 10.9 Å². The molecule has 0 aliphatic carbocycles. The first kappa shape index (κ1) is 17.7. The highest BCUT2D eigenvalue weighted by atomic mass is 32.2. The van der Waals surface area contributed by atoms with Gasteiger partial charge in [-0.2, -0.15) is 5.10 Å². The number of amides is 1. The molecule has 4 rings (SSSR count). The van der Waals surface area contributed by atoms with Crippen molar-refractivity contribution < 1.29 is 4.79 Å². The molecule has 2 aromatic heterocycles. The Balaban J connectivity index is 1.43. The summed E-state index contributed by atoms with van der Waals surface area (Å²) in [6.45, 7) is 0.272. The van der Waals surface area contributed by atoms with E-state index in [-0.39, 0.29) is 23.8 Å². The van der Waals surface area contributed by atoms with E-state index in [9.17, 15) is 9.59 Å². The fraction of sp³-hybridized carbons (Fsp3) is 0.158. The summed E-state index contributed by atoms with van der Waals surface area (Å²) in [7, 11) is 1.61. The summed E-state index contributed by atoms with van der Waals surface area (Å²) in [4.78, 5) is 28.9.